The summed E-state index contributed by atoms with van der Waals surface area (Å²) >= 11 is 0. The van der Waals surface area contributed by atoms with Crippen LogP contribution in [0.5, 0.6) is 0 Å². The third-order valence-corrected chi connectivity index (χ3v) is 2.96. The number of carbonyl (C=O) groups is 1. The van der Waals surface area contributed by atoms with Gasteiger partial charge in [0.1, 0.15) is 5.69 Å². The van der Waals surface area contributed by atoms with E-state index < -0.39 is 0 Å². The lowest BCUT2D eigenvalue weighted by Crippen LogP contribution is -2.26. The standard InChI is InChI=1S/C14H21N3O/c1-10(2)5-7-15-12-6-8-16-13(9-12)14(18)17-11-3-4-11/h6,8-11H,3-5,7H2,1-2H3,(H,15,16)(H,17,18). The normalized spacial score (nSPS) is 14.6. The van der Waals surface area contributed by atoms with Crippen molar-refractivity contribution in [3.05, 3.63) is 24.0 Å². The van der Waals surface area contributed by atoms with Crippen LogP contribution in [0.3, 0.4) is 0 Å². The zero-order valence-corrected chi connectivity index (χ0v) is 11.1. The first-order valence-corrected chi connectivity index (χ1v) is 6.66. The summed E-state index contributed by atoms with van der Waals surface area (Å²) in [5.41, 5.74) is 1.46. The van der Waals surface area contributed by atoms with E-state index in [4.69, 9.17) is 0 Å². The van der Waals surface area contributed by atoms with Gasteiger partial charge in [-0.25, -0.2) is 0 Å². The van der Waals surface area contributed by atoms with E-state index in [0.29, 0.717) is 17.7 Å². The largest absolute Gasteiger partial charge is 0.385 e. The molecule has 2 N–H and O–H groups in total. The molecular weight excluding hydrogens is 226 g/mol. The van der Waals surface area contributed by atoms with Crippen molar-refractivity contribution in [2.75, 3.05) is 11.9 Å². The number of nitrogens with one attached hydrogen (secondary N) is 2. The molecular formula is C14H21N3O. The first-order valence-electron chi connectivity index (χ1n) is 6.66. The number of pyridine rings is 1. The third kappa shape index (κ3) is 4.02. The maximum absolute atomic E-state index is 11.8. The van der Waals surface area contributed by atoms with E-state index in [-0.39, 0.29) is 5.91 Å². The fraction of sp³-hybridized carbons (Fsp3) is 0.571. The van der Waals surface area contributed by atoms with Gasteiger partial charge in [0.05, 0.1) is 0 Å². The van der Waals surface area contributed by atoms with Crippen LogP contribution in [0.1, 0.15) is 43.6 Å². The molecule has 0 spiro atoms. The van der Waals surface area contributed by atoms with Gasteiger partial charge in [0.15, 0.2) is 0 Å². The Morgan fingerprint density at radius 3 is 2.94 bits per heavy atom. The van der Waals surface area contributed by atoms with E-state index >= 15 is 0 Å². The predicted octanol–water partition coefficient (Wildman–Crippen LogP) is 2.43. The van der Waals surface area contributed by atoms with E-state index in [1.165, 1.54) is 0 Å². The Balaban J connectivity index is 1.89. The number of hydrogen-bond donors (Lipinski definition) is 2. The second-order valence-electron chi connectivity index (χ2n) is 5.29. The molecule has 0 saturated heterocycles. The van der Waals surface area contributed by atoms with Crippen LogP contribution in [-0.2, 0) is 0 Å². The topological polar surface area (TPSA) is 54.0 Å². The number of carbonyl (C=O) groups excluding carboxylic acids is 1. The number of amides is 1. The number of hydrogen-bond acceptors (Lipinski definition) is 3. The fourth-order valence-electron chi connectivity index (χ4n) is 1.66. The summed E-state index contributed by atoms with van der Waals surface area (Å²) in [6, 6.07) is 4.09. The van der Waals surface area contributed by atoms with Gasteiger partial charge in [-0.1, -0.05) is 13.8 Å². The van der Waals surface area contributed by atoms with Gasteiger partial charge in [-0.15, -0.1) is 0 Å². The van der Waals surface area contributed by atoms with Crippen LogP contribution in [0, 0.1) is 5.92 Å². The average Bonchev–Trinajstić information content (AvgIpc) is 3.13. The molecule has 1 aliphatic rings. The van der Waals surface area contributed by atoms with Crippen molar-refractivity contribution in [2.45, 2.75) is 39.2 Å². The predicted molar refractivity (Wildman–Crippen MR) is 72.7 cm³/mol. The smallest absolute Gasteiger partial charge is 0.270 e. The molecule has 0 atom stereocenters. The quantitative estimate of drug-likeness (QED) is 0.811. The van der Waals surface area contributed by atoms with Crippen molar-refractivity contribution in [3.63, 3.8) is 0 Å². The first kappa shape index (κ1) is 12.9. The van der Waals surface area contributed by atoms with E-state index in [2.05, 4.69) is 29.5 Å². The van der Waals surface area contributed by atoms with E-state index in [1.807, 2.05) is 12.1 Å². The van der Waals surface area contributed by atoms with Crippen LogP contribution in [0.25, 0.3) is 0 Å². The Morgan fingerprint density at radius 1 is 1.50 bits per heavy atom. The van der Waals surface area contributed by atoms with Gasteiger partial charge in [-0.05, 0) is 37.3 Å². The van der Waals surface area contributed by atoms with Crippen LogP contribution >= 0.6 is 0 Å². The van der Waals surface area contributed by atoms with Gasteiger partial charge >= 0.3 is 0 Å². The molecule has 1 saturated carbocycles. The molecule has 2 rings (SSSR count). The average molecular weight is 247 g/mol. The van der Waals surface area contributed by atoms with Crippen LogP contribution in [0.2, 0.25) is 0 Å². The number of anilines is 1. The van der Waals surface area contributed by atoms with Gasteiger partial charge in [0.25, 0.3) is 5.91 Å². The highest BCUT2D eigenvalue weighted by molar-refractivity contribution is 5.93. The highest BCUT2D eigenvalue weighted by Crippen LogP contribution is 2.19. The van der Waals surface area contributed by atoms with E-state index in [9.17, 15) is 4.79 Å². The van der Waals surface area contributed by atoms with Crippen LogP contribution in [0.4, 0.5) is 5.69 Å². The summed E-state index contributed by atoms with van der Waals surface area (Å²) in [6.07, 6.45) is 4.99. The molecule has 1 aliphatic carbocycles. The van der Waals surface area contributed by atoms with Crippen molar-refractivity contribution in [3.8, 4) is 0 Å². The molecule has 0 radical (unpaired) electrons. The summed E-state index contributed by atoms with van der Waals surface area (Å²) in [5, 5.41) is 6.26. The summed E-state index contributed by atoms with van der Waals surface area (Å²) in [4.78, 5) is 15.9. The second kappa shape index (κ2) is 5.85. The molecule has 1 aromatic rings. The molecule has 0 aromatic carbocycles. The molecule has 18 heavy (non-hydrogen) atoms. The Kier molecular flexibility index (Phi) is 4.18. The van der Waals surface area contributed by atoms with Crippen LogP contribution in [0.15, 0.2) is 18.3 Å². The van der Waals surface area contributed by atoms with Gasteiger partial charge < -0.3 is 10.6 Å². The van der Waals surface area contributed by atoms with Gasteiger partial charge in [0.2, 0.25) is 0 Å². The maximum Gasteiger partial charge on any atom is 0.270 e. The minimum absolute atomic E-state index is 0.0648. The Morgan fingerprint density at radius 2 is 2.28 bits per heavy atom. The van der Waals surface area contributed by atoms with Crippen molar-refractivity contribution in [2.24, 2.45) is 5.92 Å². The highest BCUT2D eigenvalue weighted by atomic mass is 16.2. The molecule has 0 bridgehead atoms. The van der Waals surface area contributed by atoms with Crippen molar-refractivity contribution in [1.29, 1.82) is 0 Å². The SMILES string of the molecule is CC(C)CCNc1ccnc(C(=O)NC2CC2)c1. The zero-order chi connectivity index (χ0) is 13.0. The van der Waals surface area contributed by atoms with E-state index in [0.717, 1.165) is 31.5 Å². The summed E-state index contributed by atoms with van der Waals surface area (Å²) in [5.74, 6) is 0.613. The maximum atomic E-state index is 11.8. The number of nitrogens with zero attached hydrogens (tertiary/aromatic N) is 1. The van der Waals surface area contributed by atoms with Crippen molar-refractivity contribution >= 4 is 11.6 Å². The minimum atomic E-state index is -0.0648. The van der Waals surface area contributed by atoms with Crippen LogP contribution < -0.4 is 10.6 Å². The zero-order valence-electron chi connectivity index (χ0n) is 11.1. The lowest BCUT2D eigenvalue weighted by Gasteiger charge is -2.09. The molecule has 1 aromatic heterocycles. The molecule has 1 amide bonds. The number of aromatic nitrogens is 1. The van der Waals surface area contributed by atoms with Crippen LogP contribution in [-0.4, -0.2) is 23.5 Å². The summed E-state index contributed by atoms with van der Waals surface area (Å²) in [7, 11) is 0. The lowest BCUT2D eigenvalue weighted by atomic mass is 10.1. The summed E-state index contributed by atoms with van der Waals surface area (Å²) < 4.78 is 0. The summed E-state index contributed by atoms with van der Waals surface area (Å²) in [6.45, 7) is 5.32. The molecule has 4 nitrogen and oxygen atoms in total. The monoisotopic (exact) mass is 247 g/mol. The molecule has 1 fully saturated rings. The minimum Gasteiger partial charge on any atom is -0.385 e. The molecule has 1 heterocycles. The Hall–Kier alpha value is -1.58. The molecule has 98 valence electrons. The Bertz CT molecular complexity index is 413. The highest BCUT2D eigenvalue weighted by Gasteiger charge is 2.24. The fourth-order valence-corrected chi connectivity index (χ4v) is 1.66. The van der Waals surface area contributed by atoms with Gasteiger partial charge in [-0.3, -0.25) is 9.78 Å². The molecule has 0 aliphatic heterocycles. The van der Waals surface area contributed by atoms with Crippen molar-refractivity contribution in [1.82, 2.24) is 10.3 Å². The van der Waals surface area contributed by atoms with E-state index in [1.54, 1.807) is 6.20 Å². The third-order valence-electron chi connectivity index (χ3n) is 2.96. The Labute approximate surface area is 108 Å². The number of rotatable bonds is 6. The van der Waals surface area contributed by atoms with Crippen molar-refractivity contribution < 1.29 is 4.79 Å². The second-order valence-corrected chi connectivity index (χ2v) is 5.29. The lowest BCUT2D eigenvalue weighted by molar-refractivity contribution is 0.0946. The van der Waals surface area contributed by atoms with Gasteiger partial charge in [-0.2, -0.15) is 0 Å². The molecule has 0 unspecified atom stereocenters. The first-order chi connectivity index (χ1) is 8.65. The van der Waals surface area contributed by atoms with Gasteiger partial charge in [0, 0.05) is 24.5 Å². The molecule has 4 heteroatoms.